The van der Waals surface area contributed by atoms with Crippen LogP contribution in [0.1, 0.15) is 0 Å². The summed E-state index contributed by atoms with van der Waals surface area (Å²) < 4.78 is 12.6. The van der Waals surface area contributed by atoms with Gasteiger partial charge >= 0.3 is 0 Å². The number of para-hydroxylation sites is 2. The van der Waals surface area contributed by atoms with E-state index in [-0.39, 0.29) is 0 Å². The van der Waals surface area contributed by atoms with E-state index < -0.39 is 0 Å². The molecule has 5 nitrogen and oxygen atoms in total. The first kappa shape index (κ1) is 27.1. The predicted molar refractivity (Wildman–Crippen MR) is 203 cm³/mol. The largest absolute Gasteiger partial charge is 0.456 e. The Kier molecular flexibility index (Phi) is 5.60. The molecular weight excluding hydrogens is 615 g/mol. The molecule has 0 aliphatic carbocycles. The SMILES string of the molecule is c1ccc2c(c1)ccc1c2ccc2cccc(-c3nc(-c4cccc5oc6ccccc6c45)nc(-c4cccc5oc6ccccc6c45)n3)c21. The van der Waals surface area contributed by atoms with Crippen molar-refractivity contribution in [3.63, 3.8) is 0 Å². The summed E-state index contributed by atoms with van der Waals surface area (Å²) in [6.45, 7) is 0. The van der Waals surface area contributed by atoms with E-state index >= 15 is 0 Å². The second-order valence-electron chi connectivity index (χ2n) is 12.7. The number of nitrogens with zero attached hydrogens (tertiary/aromatic N) is 3. The molecule has 0 radical (unpaired) electrons. The van der Waals surface area contributed by atoms with Gasteiger partial charge < -0.3 is 8.83 Å². The van der Waals surface area contributed by atoms with Crippen LogP contribution in [0.2, 0.25) is 0 Å². The third-order valence-corrected chi connectivity index (χ3v) is 9.93. The molecule has 0 fully saturated rings. The molecule has 3 heterocycles. The molecule has 0 bridgehead atoms. The number of fused-ring (bicyclic) bond motifs is 11. The molecule has 0 N–H and O–H groups in total. The third-order valence-electron chi connectivity index (χ3n) is 9.93. The van der Waals surface area contributed by atoms with Crippen LogP contribution in [-0.4, -0.2) is 15.0 Å². The number of furan rings is 2. The fraction of sp³-hybridized carbons (Fsp3) is 0. The molecule has 3 aromatic heterocycles. The Bertz CT molecular complexity index is 3040. The maximum atomic E-state index is 6.30. The molecule has 0 unspecified atom stereocenters. The van der Waals surface area contributed by atoms with E-state index in [2.05, 4.69) is 91.0 Å². The Morgan fingerprint density at radius 1 is 0.280 bits per heavy atom. The fourth-order valence-electron chi connectivity index (χ4n) is 7.72. The van der Waals surface area contributed by atoms with Crippen LogP contribution in [0, 0.1) is 0 Å². The van der Waals surface area contributed by atoms with Crippen LogP contribution in [0.25, 0.3) is 110 Å². The van der Waals surface area contributed by atoms with Gasteiger partial charge in [0.15, 0.2) is 17.5 Å². The smallest absolute Gasteiger partial charge is 0.164 e. The minimum absolute atomic E-state index is 0.578. The molecule has 11 rings (SSSR count). The van der Waals surface area contributed by atoms with Crippen molar-refractivity contribution < 1.29 is 8.83 Å². The second-order valence-corrected chi connectivity index (χ2v) is 12.7. The Balaban J connectivity index is 1.26. The van der Waals surface area contributed by atoms with Crippen molar-refractivity contribution in [1.29, 1.82) is 0 Å². The van der Waals surface area contributed by atoms with Gasteiger partial charge in [-0.15, -0.1) is 0 Å². The summed E-state index contributed by atoms with van der Waals surface area (Å²) in [7, 11) is 0. The molecule has 0 saturated heterocycles. The van der Waals surface area contributed by atoms with E-state index in [4.69, 9.17) is 23.8 Å². The lowest BCUT2D eigenvalue weighted by atomic mass is 9.94. The van der Waals surface area contributed by atoms with Gasteiger partial charge in [-0.05, 0) is 51.2 Å². The maximum absolute atomic E-state index is 6.30. The highest BCUT2D eigenvalue weighted by molar-refractivity contribution is 6.21. The highest BCUT2D eigenvalue weighted by Crippen LogP contribution is 2.41. The Morgan fingerprint density at radius 2 is 0.720 bits per heavy atom. The quantitative estimate of drug-likeness (QED) is 0.180. The van der Waals surface area contributed by atoms with E-state index in [0.29, 0.717) is 17.5 Å². The molecule has 50 heavy (non-hydrogen) atoms. The van der Waals surface area contributed by atoms with Gasteiger partial charge in [0.25, 0.3) is 0 Å². The number of hydrogen-bond donors (Lipinski definition) is 0. The first-order chi connectivity index (χ1) is 24.8. The summed E-state index contributed by atoms with van der Waals surface area (Å²) in [6, 6.07) is 52.2. The number of hydrogen-bond acceptors (Lipinski definition) is 5. The normalized spacial score (nSPS) is 12.0. The van der Waals surface area contributed by atoms with Crippen LogP contribution in [0.15, 0.2) is 160 Å². The lowest BCUT2D eigenvalue weighted by molar-refractivity contribution is 0.668. The third kappa shape index (κ3) is 3.92. The number of aromatic nitrogens is 3. The molecule has 0 saturated carbocycles. The fourth-order valence-corrected chi connectivity index (χ4v) is 7.72. The monoisotopic (exact) mass is 639 g/mol. The van der Waals surface area contributed by atoms with E-state index in [1.807, 2.05) is 60.7 Å². The molecule has 8 aromatic carbocycles. The maximum Gasteiger partial charge on any atom is 0.164 e. The van der Waals surface area contributed by atoms with Crippen molar-refractivity contribution in [2.75, 3.05) is 0 Å². The van der Waals surface area contributed by atoms with Crippen molar-refractivity contribution in [3.8, 4) is 34.2 Å². The summed E-state index contributed by atoms with van der Waals surface area (Å²) in [4.78, 5) is 15.8. The zero-order valence-corrected chi connectivity index (χ0v) is 26.6. The topological polar surface area (TPSA) is 65.0 Å². The highest BCUT2D eigenvalue weighted by Gasteiger charge is 2.21. The molecule has 0 amide bonds. The average molecular weight is 640 g/mol. The first-order valence-electron chi connectivity index (χ1n) is 16.7. The number of rotatable bonds is 3. The predicted octanol–water partition coefficient (Wildman–Crippen LogP) is 12.1. The standard InChI is InChI=1S/C45H25N3O2/c1-2-12-28-26(10-1)22-25-30-29(28)24-23-27-11-7-15-33(40(27)30)43-46-44(34-16-8-20-38-41(34)31-13-3-5-18-36(31)49-38)48-45(47-43)35-17-9-21-39-42(35)32-14-4-6-19-37(32)50-39/h1-25H. The zero-order chi connectivity index (χ0) is 32.8. The van der Waals surface area contributed by atoms with Crippen LogP contribution < -0.4 is 0 Å². The summed E-state index contributed by atoms with van der Waals surface area (Å²) in [5.41, 5.74) is 5.95. The van der Waals surface area contributed by atoms with Gasteiger partial charge in [-0.25, -0.2) is 15.0 Å². The molecule has 5 heteroatoms. The summed E-state index contributed by atoms with van der Waals surface area (Å²) in [5, 5.41) is 11.0. The van der Waals surface area contributed by atoms with Crippen molar-refractivity contribution in [3.05, 3.63) is 152 Å². The zero-order valence-electron chi connectivity index (χ0n) is 26.6. The second kappa shape index (κ2) is 10.3. The minimum atomic E-state index is 0.578. The Morgan fingerprint density at radius 3 is 1.34 bits per heavy atom. The van der Waals surface area contributed by atoms with Crippen LogP contribution in [0.3, 0.4) is 0 Å². The Hall–Kier alpha value is -6.85. The summed E-state index contributed by atoms with van der Waals surface area (Å²) in [6.07, 6.45) is 0. The van der Waals surface area contributed by atoms with Crippen molar-refractivity contribution in [2.45, 2.75) is 0 Å². The highest BCUT2D eigenvalue weighted by atomic mass is 16.3. The molecule has 232 valence electrons. The summed E-state index contributed by atoms with van der Waals surface area (Å²) >= 11 is 0. The van der Waals surface area contributed by atoms with Gasteiger partial charge in [-0.3, -0.25) is 0 Å². The van der Waals surface area contributed by atoms with Crippen molar-refractivity contribution >= 4 is 76.2 Å². The van der Waals surface area contributed by atoms with Crippen LogP contribution in [-0.2, 0) is 0 Å². The first-order valence-corrected chi connectivity index (χ1v) is 16.7. The van der Waals surface area contributed by atoms with Crippen LogP contribution in [0.4, 0.5) is 0 Å². The van der Waals surface area contributed by atoms with Gasteiger partial charge in [-0.2, -0.15) is 0 Å². The van der Waals surface area contributed by atoms with Crippen molar-refractivity contribution in [1.82, 2.24) is 15.0 Å². The molecule has 0 aliphatic heterocycles. The van der Waals surface area contributed by atoms with E-state index in [0.717, 1.165) is 76.7 Å². The minimum Gasteiger partial charge on any atom is -0.456 e. The van der Waals surface area contributed by atoms with Gasteiger partial charge in [-0.1, -0.05) is 127 Å². The van der Waals surface area contributed by atoms with E-state index in [1.54, 1.807) is 0 Å². The Labute approximate surface area is 285 Å². The average Bonchev–Trinajstić information content (AvgIpc) is 3.76. The van der Waals surface area contributed by atoms with Gasteiger partial charge in [0.1, 0.15) is 22.3 Å². The van der Waals surface area contributed by atoms with E-state index in [9.17, 15) is 0 Å². The molecule has 0 atom stereocenters. The number of benzene rings is 8. The summed E-state index contributed by atoms with van der Waals surface area (Å²) in [5.74, 6) is 1.76. The van der Waals surface area contributed by atoms with Crippen LogP contribution in [0.5, 0.6) is 0 Å². The van der Waals surface area contributed by atoms with Gasteiger partial charge in [0, 0.05) is 43.6 Å². The van der Waals surface area contributed by atoms with Crippen molar-refractivity contribution in [2.24, 2.45) is 0 Å². The lowest BCUT2D eigenvalue weighted by Crippen LogP contribution is -2.01. The van der Waals surface area contributed by atoms with Gasteiger partial charge in [0.05, 0.1) is 0 Å². The molecule has 11 aromatic rings. The van der Waals surface area contributed by atoms with Gasteiger partial charge in [0.2, 0.25) is 0 Å². The molecule has 0 aliphatic rings. The van der Waals surface area contributed by atoms with Crippen LogP contribution >= 0.6 is 0 Å². The lowest BCUT2D eigenvalue weighted by Gasteiger charge is -2.13. The molecular formula is C45H25N3O2. The molecule has 0 spiro atoms. The van der Waals surface area contributed by atoms with E-state index in [1.165, 1.54) is 16.2 Å².